The van der Waals surface area contributed by atoms with Crippen molar-refractivity contribution in [3.63, 3.8) is 0 Å². The molecule has 158 valence electrons. The topological polar surface area (TPSA) is 59.6 Å². The van der Waals surface area contributed by atoms with Crippen molar-refractivity contribution in [2.75, 3.05) is 12.5 Å². The van der Waals surface area contributed by atoms with Crippen LogP contribution in [0.2, 0.25) is 0 Å². The van der Waals surface area contributed by atoms with Gasteiger partial charge in [-0.05, 0) is 73.5 Å². The Kier molecular flexibility index (Phi) is 5.07. The van der Waals surface area contributed by atoms with Crippen LogP contribution in [0, 0.1) is 13.8 Å². The number of ether oxygens (including phenoxy) is 1. The standard InChI is InChI=1S/C27H23N3O2/c1-17-14-18(2)27-23(29-30-26-13-10-19-6-4-5-7-22(19)28-26)16-24(32-25(27)15-17)20-8-11-21(31-3)12-9-20/h4-16H,1-3H3,(H,28,30). The first-order valence-electron chi connectivity index (χ1n) is 10.5. The number of para-hydroxylation sites is 1. The number of fused-ring (bicyclic) bond motifs is 2. The number of hydrogen-bond donors (Lipinski definition) is 1. The normalized spacial score (nSPS) is 11.8. The van der Waals surface area contributed by atoms with Gasteiger partial charge in [-0.1, -0.05) is 24.3 Å². The van der Waals surface area contributed by atoms with E-state index in [1.807, 2.05) is 72.8 Å². The second-order valence-electron chi connectivity index (χ2n) is 7.79. The van der Waals surface area contributed by atoms with Gasteiger partial charge in [-0.15, -0.1) is 0 Å². The molecule has 0 bridgehead atoms. The summed E-state index contributed by atoms with van der Waals surface area (Å²) in [5.74, 6) is 2.22. The fraction of sp³-hybridized carbons (Fsp3) is 0.111. The molecule has 0 radical (unpaired) electrons. The third-order valence-corrected chi connectivity index (χ3v) is 5.45. The highest BCUT2D eigenvalue weighted by Gasteiger charge is 2.10. The van der Waals surface area contributed by atoms with E-state index < -0.39 is 0 Å². The van der Waals surface area contributed by atoms with E-state index in [0.29, 0.717) is 5.82 Å². The molecule has 0 saturated heterocycles. The second kappa shape index (κ2) is 8.19. The summed E-state index contributed by atoms with van der Waals surface area (Å²) in [6, 6.07) is 25.9. The fourth-order valence-corrected chi connectivity index (χ4v) is 3.91. The van der Waals surface area contributed by atoms with E-state index >= 15 is 0 Å². The van der Waals surface area contributed by atoms with Gasteiger partial charge in [0.25, 0.3) is 0 Å². The molecule has 32 heavy (non-hydrogen) atoms. The lowest BCUT2D eigenvalue weighted by atomic mass is 10.0. The van der Waals surface area contributed by atoms with E-state index in [-0.39, 0.29) is 0 Å². The van der Waals surface area contributed by atoms with Gasteiger partial charge in [0, 0.05) is 22.4 Å². The number of anilines is 1. The molecule has 3 aromatic carbocycles. The molecule has 5 heteroatoms. The Balaban J connectivity index is 1.65. The lowest BCUT2D eigenvalue weighted by molar-refractivity contribution is 0.415. The van der Waals surface area contributed by atoms with Crippen LogP contribution in [0.3, 0.4) is 0 Å². The van der Waals surface area contributed by atoms with Crippen molar-refractivity contribution in [2.45, 2.75) is 13.8 Å². The maximum Gasteiger partial charge on any atom is 0.146 e. The Morgan fingerprint density at radius 2 is 1.72 bits per heavy atom. The van der Waals surface area contributed by atoms with Gasteiger partial charge in [0.1, 0.15) is 22.9 Å². The predicted octanol–water partition coefficient (Wildman–Crippen LogP) is 6.20. The molecule has 5 nitrogen and oxygen atoms in total. The van der Waals surface area contributed by atoms with Crippen molar-refractivity contribution >= 4 is 27.7 Å². The van der Waals surface area contributed by atoms with E-state index in [4.69, 9.17) is 14.3 Å². The van der Waals surface area contributed by atoms with Crippen LogP contribution < -0.4 is 15.5 Å². The monoisotopic (exact) mass is 421 g/mol. The zero-order valence-corrected chi connectivity index (χ0v) is 18.2. The summed E-state index contributed by atoms with van der Waals surface area (Å²) in [5.41, 5.74) is 8.05. The molecule has 5 rings (SSSR count). The van der Waals surface area contributed by atoms with E-state index in [1.165, 1.54) is 0 Å². The van der Waals surface area contributed by atoms with Crippen molar-refractivity contribution in [1.29, 1.82) is 0 Å². The Morgan fingerprint density at radius 1 is 0.906 bits per heavy atom. The first kappa shape index (κ1) is 19.8. The summed E-state index contributed by atoms with van der Waals surface area (Å²) in [5, 5.41) is 7.59. The Hall–Kier alpha value is -4.12. The average molecular weight is 422 g/mol. The first-order valence-corrected chi connectivity index (χ1v) is 10.5. The van der Waals surface area contributed by atoms with Gasteiger partial charge < -0.3 is 9.15 Å². The molecule has 0 aliphatic rings. The summed E-state index contributed by atoms with van der Waals surface area (Å²) in [7, 11) is 1.66. The minimum atomic E-state index is 0.688. The molecule has 0 aliphatic carbocycles. The molecule has 0 atom stereocenters. The van der Waals surface area contributed by atoms with Crippen LogP contribution in [-0.2, 0) is 0 Å². The first-order chi connectivity index (χ1) is 15.6. The highest BCUT2D eigenvalue weighted by atomic mass is 16.5. The van der Waals surface area contributed by atoms with Crippen LogP contribution in [0.25, 0.3) is 33.2 Å². The smallest absolute Gasteiger partial charge is 0.146 e. The summed E-state index contributed by atoms with van der Waals surface area (Å²) in [6.45, 7) is 4.14. The predicted molar refractivity (Wildman–Crippen MR) is 129 cm³/mol. The van der Waals surface area contributed by atoms with Crippen LogP contribution in [0.15, 0.2) is 88.4 Å². The maximum atomic E-state index is 6.29. The molecule has 0 aliphatic heterocycles. The second-order valence-corrected chi connectivity index (χ2v) is 7.79. The van der Waals surface area contributed by atoms with E-state index in [0.717, 1.165) is 55.4 Å². The van der Waals surface area contributed by atoms with Crippen molar-refractivity contribution in [3.05, 3.63) is 95.3 Å². The number of hydrogen-bond acceptors (Lipinski definition) is 5. The largest absolute Gasteiger partial charge is 0.497 e. The van der Waals surface area contributed by atoms with Gasteiger partial charge in [-0.3, -0.25) is 5.43 Å². The van der Waals surface area contributed by atoms with Crippen molar-refractivity contribution < 1.29 is 9.15 Å². The van der Waals surface area contributed by atoms with Gasteiger partial charge in [-0.25, -0.2) is 4.98 Å². The number of rotatable bonds is 4. The minimum absolute atomic E-state index is 0.688. The summed E-state index contributed by atoms with van der Waals surface area (Å²) >= 11 is 0. The van der Waals surface area contributed by atoms with E-state index in [1.54, 1.807) is 7.11 Å². The fourth-order valence-electron chi connectivity index (χ4n) is 3.91. The summed E-state index contributed by atoms with van der Waals surface area (Å²) < 4.78 is 11.6. The number of methoxy groups -OCH3 is 1. The number of aryl methyl sites for hydroxylation is 2. The van der Waals surface area contributed by atoms with E-state index in [9.17, 15) is 0 Å². The SMILES string of the molecule is COc1ccc(-c2cc(=NNc3ccc4ccccc4n3)c3c(C)cc(C)cc3o2)cc1. The molecular weight excluding hydrogens is 398 g/mol. The molecule has 0 spiro atoms. The third kappa shape index (κ3) is 3.81. The van der Waals surface area contributed by atoms with Gasteiger partial charge in [0.2, 0.25) is 0 Å². The minimum Gasteiger partial charge on any atom is -0.497 e. The zero-order chi connectivity index (χ0) is 22.1. The van der Waals surface area contributed by atoms with Crippen LogP contribution in [0.4, 0.5) is 5.82 Å². The van der Waals surface area contributed by atoms with E-state index in [2.05, 4.69) is 30.3 Å². The average Bonchev–Trinajstić information content (AvgIpc) is 2.82. The maximum absolute atomic E-state index is 6.29. The molecule has 5 aromatic rings. The van der Waals surface area contributed by atoms with Crippen LogP contribution in [-0.4, -0.2) is 12.1 Å². The van der Waals surface area contributed by atoms with Crippen LogP contribution >= 0.6 is 0 Å². The van der Waals surface area contributed by atoms with Crippen molar-refractivity contribution in [3.8, 4) is 17.1 Å². The number of pyridine rings is 1. The Bertz CT molecular complexity index is 1500. The molecule has 0 saturated carbocycles. The van der Waals surface area contributed by atoms with Crippen LogP contribution in [0.1, 0.15) is 11.1 Å². The number of benzene rings is 3. The molecule has 2 heterocycles. The molecule has 1 N–H and O–H groups in total. The summed E-state index contributed by atoms with van der Waals surface area (Å²) in [6.07, 6.45) is 0. The third-order valence-electron chi connectivity index (χ3n) is 5.45. The number of nitrogens with zero attached hydrogens (tertiary/aromatic N) is 2. The van der Waals surface area contributed by atoms with Crippen LogP contribution in [0.5, 0.6) is 5.75 Å². The van der Waals surface area contributed by atoms with Crippen molar-refractivity contribution in [2.24, 2.45) is 5.10 Å². The molecule has 2 aromatic heterocycles. The highest BCUT2D eigenvalue weighted by molar-refractivity contribution is 5.83. The zero-order valence-electron chi connectivity index (χ0n) is 18.2. The summed E-state index contributed by atoms with van der Waals surface area (Å²) in [4.78, 5) is 4.66. The molecule has 0 unspecified atom stereocenters. The number of nitrogens with one attached hydrogen (secondary N) is 1. The van der Waals surface area contributed by atoms with Gasteiger partial charge >= 0.3 is 0 Å². The quantitative estimate of drug-likeness (QED) is 0.351. The Morgan fingerprint density at radius 3 is 2.53 bits per heavy atom. The molecule has 0 fully saturated rings. The van der Waals surface area contributed by atoms with Gasteiger partial charge in [0.15, 0.2) is 0 Å². The highest BCUT2D eigenvalue weighted by Crippen LogP contribution is 2.26. The lowest BCUT2D eigenvalue weighted by Crippen LogP contribution is -2.09. The lowest BCUT2D eigenvalue weighted by Gasteiger charge is -2.09. The van der Waals surface area contributed by atoms with Crippen molar-refractivity contribution in [1.82, 2.24) is 4.98 Å². The Labute approximate surface area is 186 Å². The number of aromatic nitrogens is 1. The molecular formula is C27H23N3O2. The van der Waals surface area contributed by atoms with Gasteiger partial charge in [-0.2, -0.15) is 5.10 Å². The van der Waals surface area contributed by atoms with Gasteiger partial charge in [0.05, 0.1) is 18.0 Å². The molecule has 0 amide bonds.